The third kappa shape index (κ3) is 9.07. The number of carbonyl (C=O) groups is 1. The number of ether oxygens (including phenoxy) is 5. The number of benzene rings is 3. The molecule has 0 spiro atoms. The maximum Gasteiger partial charge on any atom is 0.321 e. The maximum absolute atomic E-state index is 12.4. The quantitative estimate of drug-likeness (QED) is 0.174. The Morgan fingerprint density at radius 3 is 1.79 bits per heavy atom. The van der Waals surface area contributed by atoms with Crippen molar-refractivity contribution in [2.75, 3.05) is 18.2 Å². The summed E-state index contributed by atoms with van der Waals surface area (Å²) in [6, 6.07) is 29.8. The first-order valence-corrected chi connectivity index (χ1v) is 14.7. The first kappa shape index (κ1) is 29.6. The van der Waals surface area contributed by atoms with E-state index in [-0.39, 0.29) is 12.5 Å². The molecule has 39 heavy (non-hydrogen) atoms. The van der Waals surface area contributed by atoms with E-state index in [1.165, 1.54) is 0 Å². The summed E-state index contributed by atoms with van der Waals surface area (Å²) in [4.78, 5) is 12.4. The van der Waals surface area contributed by atoms with Gasteiger partial charge in [0.15, 0.2) is 6.10 Å². The molecular formula is C31H35ClO6S. The number of thioether (sulfide) groups is 1. The van der Waals surface area contributed by atoms with Gasteiger partial charge in [-0.1, -0.05) is 97.9 Å². The maximum atomic E-state index is 12.4. The average molecular weight is 571 g/mol. The van der Waals surface area contributed by atoms with E-state index in [0.717, 1.165) is 22.4 Å². The van der Waals surface area contributed by atoms with E-state index in [4.69, 9.17) is 35.3 Å². The van der Waals surface area contributed by atoms with Gasteiger partial charge in [-0.25, -0.2) is 0 Å². The zero-order valence-electron chi connectivity index (χ0n) is 22.0. The molecule has 1 fully saturated rings. The predicted molar refractivity (Wildman–Crippen MR) is 154 cm³/mol. The molecule has 0 aromatic heterocycles. The second-order valence-corrected chi connectivity index (χ2v) is 10.8. The summed E-state index contributed by atoms with van der Waals surface area (Å²) in [5.74, 6) is -0.0243. The van der Waals surface area contributed by atoms with Crippen molar-refractivity contribution in [2.45, 2.75) is 56.6 Å². The van der Waals surface area contributed by atoms with Crippen LogP contribution in [0.25, 0.3) is 0 Å². The minimum atomic E-state index is -0.712. The van der Waals surface area contributed by atoms with Gasteiger partial charge in [0.25, 0.3) is 0 Å². The normalized spacial score (nSPS) is 22.9. The Balaban J connectivity index is 1.59. The lowest BCUT2D eigenvalue weighted by Gasteiger charge is -2.45. The summed E-state index contributed by atoms with van der Waals surface area (Å²) < 4.78 is 31.5. The zero-order valence-corrected chi connectivity index (χ0v) is 23.6. The fourth-order valence-electron chi connectivity index (χ4n) is 4.41. The zero-order chi connectivity index (χ0) is 27.3. The number of halogens is 1. The van der Waals surface area contributed by atoms with Crippen LogP contribution in [0.4, 0.5) is 0 Å². The summed E-state index contributed by atoms with van der Waals surface area (Å²) in [6.45, 7) is 3.44. The monoisotopic (exact) mass is 570 g/mol. The van der Waals surface area contributed by atoms with Crippen molar-refractivity contribution in [1.82, 2.24) is 0 Å². The van der Waals surface area contributed by atoms with Gasteiger partial charge in [-0.15, -0.1) is 23.4 Å². The topological polar surface area (TPSA) is 63.2 Å². The predicted octanol–water partition coefficient (Wildman–Crippen LogP) is 6.00. The highest BCUT2D eigenvalue weighted by molar-refractivity contribution is 7.99. The summed E-state index contributed by atoms with van der Waals surface area (Å²) in [5, 5.41) is 0. The number of carbonyl (C=O) groups excluding carboxylic acids is 1. The first-order chi connectivity index (χ1) is 19.2. The van der Waals surface area contributed by atoms with Crippen molar-refractivity contribution in [3.05, 3.63) is 108 Å². The van der Waals surface area contributed by atoms with Gasteiger partial charge in [-0.3, -0.25) is 4.79 Å². The largest absolute Gasteiger partial charge is 0.455 e. The number of esters is 1. The molecule has 3 aromatic rings. The molecule has 1 heterocycles. The van der Waals surface area contributed by atoms with Crippen LogP contribution in [0.3, 0.4) is 0 Å². The third-order valence-corrected chi connectivity index (χ3v) is 7.52. The smallest absolute Gasteiger partial charge is 0.321 e. The molecule has 1 aliphatic rings. The molecule has 0 aliphatic carbocycles. The van der Waals surface area contributed by atoms with E-state index < -0.39 is 35.8 Å². The fraction of sp³-hybridized carbons (Fsp3) is 0.387. The summed E-state index contributed by atoms with van der Waals surface area (Å²) in [7, 11) is 0. The van der Waals surface area contributed by atoms with Gasteiger partial charge >= 0.3 is 5.97 Å². The molecule has 0 saturated carbocycles. The van der Waals surface area contributed by atoms with Crippen molar-refractivity contribution in [3.8, 4) is 0 Å². The van der Waals surface area contributed by atoms with Gasteiger partial charge in [0.05, 0.1) is 26.4 Å². The van der Waals surface area contributed by atoms with Crippen LogP contribution in [0, 0.1) is 0 Å². The number of alkyl halides is 1. The average Bonchev–Trinajstić information content (AvgIpc) is 2.98. The minimum Gasteiger partial charge on any atom is -0.455 e. The minimum absolute atomic E-state index is 0.259. The van der Waals surface area contributed by atoms with Crippen LogP contribution in [0.1, 0.15) is 23.6 Å². The molecular weight excluding hydrogens is 536 g/mol. The van der Waals surface area contributed by atoms with E-state index in [2.05, 4.69) is 0 Å². The van der Waals surface area contributed by atoms with E-state index >= 15 is 0 Å². The van der Waals surface area contributed by atoms with Gasteiger partial charge < -0.3 is 23.7 Å². The Morgan fingerprint density at radius 1 is 0.769 bits per heavy atom. The fourth-order valence-corrected chi connectivity index (χ4v) is 5.42. The SMILES string of the molecule is CCS[C@@H]1O[C@H](COCc2ccccc2)[C@@H](OCc2ccccc2)[C@H](OCc2ccccc2)[C@H]1OC(=O)CCl. The van der Waals surface area contributed by atoms with Crippen molar-refractivity contribution in [2.24, 2.45) is 0 Å². The Kier molecular flexibility index (Phi) is 12.2. The number of rotatable bonds is 14. The van der Waals surface area contributed by atoms with Gasteiger partial charge in [0, 0.05) is 0 Å². The lowest BCUT2D eigenvalue weighted by Crippen LogP contribution is -2.60. The molecule has 208 valence electrons. The molecule has 1 aliphatic heterocycles. The molecule has 4 rings (SSSR count). The van der Waals surface area contributed by atoms with Crippen molar-refractivity contribution < 1.29 is 28.5 Å². The highest BCUT2D eigenvalue weighted by Gasteiger charge is 2.49. The molecule has 5 atom stereocenters. The van der Waals surface area contributed by atoms with Gasteiger partial charge in [-0.2, -0.15) is 0 Å². The molecule has 0 unspecified atom stereocenters. The Hall–Kier alpha value is -2.39. The lowest BCUT2D eigenvalue weighted by atomic mass is 9.99. The highest BCUT2D eigenvalue weighted by atomic mass is 35.5. The van der Waals surface area contributed by atoms with Crippen LogP contribution in [-0.4, -0.2) is 54.1 Å². The van der Waals surface area contributed by atoms with Crippen molar-refractivity contribution in [1.29, 1.82) is 0 Å². The summed E-state index contributed by atoms with van der Waals surface area (Å²) >= 11 is 7.39. The second-order valence-electron chi connectivity index (χ2n) is 9.11. The van der Waals surface area contributed by atoms with E-state index in [0.29, 0.717) is 19.8 Å². The Morgan fingerprint density at radius 2 is 1.28 bits per heavy atom. The molecule has 0 N–H and O–H groups in total. The summed E-state index contributed by atoms with van der Waals surface area (Å²) in [6.07, 6.45) is -2.33. The summed E-state index contributed by atoms with van der Waals surface area (Å²) in [5.41, 5.74) is 2.62. The van der Waals surface area contributed by atoms with E-state index in [1.54, 1.807) is 11.8 Å². The van der Waals surface area contributed by atoms with Crippen LogP contribution in [0.2, 0.25) is 0 Å². The molecule has 0 amide bonds. The molecule has 0 bridgehead atoms. The van der Waals surface area contributed by atoms with Gasteiger partial charge in [0.1, 0.15) is 29.6 Å². The first-order valence-electron chi connectivity index (χ1n) is 13.1. The van der Waals surface area contributed by atoms with Crippen LogP contribution in [0.5, 0.6) is 0 Å². The molecule has 0 radical (unpaired) electrons. The van der Waals surface area contributed by atoms with Crippen molar-refractivity contribution >= 4 is 29.3 Å². The van der Waals surface area contributed by atoms with E-state index in [9.17, 15) is 4.79 Å². The van der Waals surface area contributed by atoms with E-state index in [1.807, 2.05) is 97.9 Å². The van der Waals surface area contributed by atoms with Crippen molar-refractivity contribution in [3.63, 3.8) is 0 Å². The van der Waals surface area contributed by atoms with Crippen LogP contribution >= 0.6 is 23.4 Å². The lowest BCUT2D eigenvalue weighted by molar-refractivity contribution is -0.249. The molecule has 6 nitrogen and oxygen atoms in total. The van der Waals surface area contributed by atoms with Gasteiger partial charge in [-0.05, 0) is 22.4 Å². The highest BCUT2D eigenvalue weighted by Crippen LogP contribution is 2.35. The Labute approximate surface area is 239 Å². The van der Waals surface area contributed by atoms with Crippen LogP contribution < -0.4 is 0 Å². The van der Waals surface area contributed by atoms with Crippen LogP contribution in [0.15, 0.2) is 91.0 Å². The number of hydrogen-bond acceptors (Lipinski definition) is 7. The van der Waals surface area contributed by atoms with Crippen LogP contribution in [-0.2, 0) is 48.3 Å². The molecule has 8 heteroatoms. The molecule has 3 aromatic carbocycles. The molecule has 1 saturated heterocycles. The van der Waals surface area contributed by atoms with Gasteiger partial charge in [0.2, 0.25) is 0 Å². The Bertz CT molecular complexity index is 1100. The second kappa shape index (κ2) is 16.0. The third-order valence-electron chi connectivity index (χ3n) is 6.26. The standard InChI is InChI=1S/C31H35ClO6S/c1-2-39-31-30(38-27(33)18-32)29(36-21-25-16-10-5-11-17-25)28(35-20-24-14-8-4-9-15-24)26(37-31)22-34-19-23-12-6-3-7-13-23/h3-17,26,28-31H,2,18-22H2,1H3/t26-,28-,29+,30-,31+/m1/s1. The number of hydrogen-bond donors (Lipinski definition) is 0.